The number of aliphatic hydroxyl groups is 1. The van der Waals surface area contributed by atoms with Crippen LogP contribution >= 0.6 is 11.8 Å². The first-order valence-corrected chi connectivity index (χ1v) is 13.9. The Balaban J connectivity index is 1.44. The van der Waals surface area contributed by atoms with Gasteiger partial charge in [-0.3, -0.25) is 4.79 Å². The lowest BCUT2D eigenvalue weighted by molar-refractivity contribution is -0.160. The summed E-state index contributed by atoms with van der Waals surface area (Å²) in [6.45, 7) is 4.46. The van der Waals surface area contributed by atoms with Crippen molar-refractivity contribution < 1.29 is 24.2 Å². The SMILES string of the molecule is CC(C)c1ccccc1SC1=C(O)CC(CCCCC(=O)OCc2ccccc2)(c2ccccc2)OC1=O. The number of carbonyl (C=O) groups is 2. The van der Waals surface area contributed by atoms with E-state index in [2.05, 4.69) is 13.8 Å². The van der Waals surface area contributed by atoms with E-state index in [1.165, 1.54) is 11.8 Å². The molecule has 0 bridgehead atoms. The smallest absolute Gasteiger partial charge is 0.349 e. The minimum Gasteiger partial charge on any atom is -0.511 e. The maximum Gasteiger partial charge on any atom is 0.349 e. The number of rotatable bonds is 11. The molecule has 198 valence electrons. The van der Waals surface area contributed by atoms with Crippen LogP contribution in [0.25, 0.3) is 0 Å². The Hall–Kier alpha value is -3.51. The molecule has 1 aliphatic rings. The lowest BCUT2D eigenvalue weighted by atomic mass is 9.83. The summed E-state index contributed by atoms with van der Waals surface area (Å²) in [5, 5.41) is 11.1. The Morgan fingerprint density at radius 1 is 0.974 bits per heavy atom. The highest BCUT2D eigenvalue weighted by molar-refractivity contribution is 8.04. The van der Waals surface area contributed by atoms with Crippen molar-refractivity contribution >= 4 is 23.7 Å². The van der Waals surface area contributed by atoms with Crippen molar-refractivity contribution in [3.8, 4) is 0 Å². The third-order valence-electron chi connectivity index (χ3n) is 6.70. The summed E-state index contributed by atoms with van der Waals surface area (Å²) in [7, 11) is 0. The minimum atomic E-state index is -0.988. The molecular weight excluding hydrogens is 496 g/mol. The van der Waals surface area contributed by atoms with Gasteiger partial charge in [0.15, 0.2) is 0 Å². The van der Waals surface area contributed by atoms with Crippen LogP contribution in [0.3, 0.4) is 0 Å². The molecule has 1 atom stereocenters. The van der Waals surface area contributed by atoms with Gasteiger partial charge in [0.05, 0.1) is 6.42 Å². The maximum absolute atomic E-state index is 13.3. The molecule has 1 N–H and O–H groups in total. The largest absolute Gasteiger partial charge is 0.511 e. The zero-order valence-electron chi connectivity index (χ0n) is 21.9. The van der Waals surface area contributed by atoms with E-state index in [1.54, 1.807) is 0 Å². The molecule has 0 saturated carbocycles. The van der Waals surface area contributed by atoms with Gasteiger partial charge in [0, 0.05) is 11.3 Å². The monoisotopic (exact) mass is 530 g/mol. The zero-order valence-corrected chi connectivity index (χ0v) is 22.7. The first-order valence-electron chi connectivity index (χ1n) is 13.1. The molecule has 1 aliphatic heterocycles. The fourth-order valence-electron chi connectivity index (χ4n) is 4.67. The number of unbranched alkanes of at least 4 members (excludes halogenated alkanes) is 1. The van der Waals surface area contributed by atoms with Crippen molar-refractivity contribution in [3.63, 3.8) is 0 Å². The van der Waals surface area contributed by atoms with E-state index in [-0.39, 0.29) is 42.0 Å². The van der Waals surface area contributed by atoms with Gasteiger partial charge in [0.25, 0.3) is 0 Å². The number of esters is 2. The van der Waals surface area contributed by atoms with Gasteiger partial charge in [-0.2, -0.15) is 0 Å². The Morgan fingerprint density at radius 2 is 1.63 bits per heavy atom. The van der Waals surface area contributed by atoms with Gasteiger partial charge in [-0.1, -0.05) is 104 Å². The molecule has 3 aromatic rings. The topological polar surface area (TPSA) is 72.8 Å². The number of thioether (sulfide) groups is 1. The molecule has 1 unspecified atom stereocenters. The summed E-state index contributed by atoms with van der Waals surface area (Å²) in [5.41, 5.74) is 1.91. The van der Waals surface area contributed by atoms with Crippen molar-refractivity contribution in [3.05, 3.63) is 112 Å². The molecule has 0 saturated heterocycles. The third kappa shape index (κ3) is 6.87. The number of benzene rings is 3. The molecule has 3 aromatic carbocycles. The molecule has 1 heterocycles. The average Bonchev–Trinajstić information content (AvgIpc) is 2.93. The highest BCUT2D eigenvalue weighted by Crippen LogP contribution is 2.46. The van der Waals surface area contributed by atoms with E-state index in [9.17, 15) is 14.7 Å². The highest BCUT2D eigenvalue weighted by atomic mass is 32.2. The number of carbonyl (C=O) groups excluding carboxylic acids is 2. The number of ether oxygens (including phenoxy) is 2. The normalized spacial score (nSPS) is 17.4. The molecule has 0 spiro atoms. The van der Waals surface area contributed by atoms with Crippen LogP contribution in [-0.4, -0.2) is 17.0 Å². The molecule has 0 aliphatic carbocycles. The highest BCUT2D eigenvalue weighted by Gasteiger charge is 2.43. The van der Waals surface area contributed by atoms with Gasteiger partial charge in [0.2, 0.25) is 0 Å². The number of cyclic esters (lactones) is 1. The van der Waals surface area contributed by atoms with E-state index >= 15 is 0 Å². The second-order valence-electron chi connectivity index (χ2n) is 9.85. The van der Waals surface area contributed by atoms with Crippen LogP contribution in [0.4, 0.5) is 0 Å². The number of hydrogen-bond donors (Lipinski definition) is 1. The van der Waals surface area contributed by atoms with Crippen LogP contribution in [0.1, 0.15) is 68.6 Å². The summed E-state index contributed by atoms with van der Waals surface area (Å²) in [4.78, 5) is 26.7. The third-order valence-corrected chi connectivity index (χ3v) is 7.89. The zero-order chi connectivity index (χ0) is 27.0. The predicted octanol–water partition coefficient (Wildman–Crippen LogP) is 7.82. The van der Waals surface area contributed by atoms with Gasteiger partial charge >= 0.3 is 11.9 Å². The molecule has 0 radical (unpaired) electrons. The summed E-state index contributed by atoms with van der Waals surface area (Å²) < 4.78 is 11.5. The lowest BCUT2D eigenvalue weighted by Crippen LogP contribution is -2.37. The van der Waals surface area contributed by atoms with Crippen LogP contribution in [0.2, 0.25) is 0 Å². The van der Waals surface area contributed by atoms with E-state index in [0.717, 1.165) is 21.6 Å². The first-order chi connectivity index (χ1) is 18.4. The molecule has 6 heteroatoms. The van der Waals surface area contributed by atoms with Crippen molar-refractivity contribution in [2.75, 3.05) is 0 Å². The number of hydrogen-bond acceptors (Lipinski definition) is 6. The minimum absolute atomic E-state index is 0.0379. The van der Waals surface area contributed by atoms with E-state index in [1.807, 2.05) is 84.9 Å². The summed E-state index contributed by atoms with van der Waals surface area (Å²) in [6.07, 6.45) is 2.18. The van der Waals surface area contributed by atoms with Crippen molar-refractivity contribution in [1.29, 1.82) is 0 Å². The molecule has 0 fully saturated rings. The molecule has 0 amide bonds. The van der Waals surface area contributed by atoms with Gasteiger partial charge in [-0.05, 0) is 47.9 Å². The Kier molecular flexibility index (Phi) is 9.29. The van der Waals surface area contributed by atoms with Crippen LogP contribution in [0.5, 0.6) is 0 Å². The van der Waals surface area contributed by atoms with E-state index in [4.69, 9.17) is 9.47 Å². The van der Waals surface area contributed by atoms with E-state index in [0.29, 0.717) is 19.3 Å². The Labute approximate surface area is 228 Å². The van der Waals surface area contributed by atoms with Crippen LogP contribution < -0.4 is 0 Å². The second kappa shape index (κ2) is 12.8. The van der Waals surface area contributed by atoms with Crippen molar-refractivity contribution in [2.45, 2.75) is 69.0 Å². The lowest BCUT2D eigenvalue weighted by Gasteiger charge is -2.37. The molecule has 4 rings (SSSR count). The van der Waals surface area contributed by atoms with Crippen LogP contribution in [0, 0.1) is 0 Å². The molecule has 0 aromatic heterocycles. The van der Waals surface area contributed by atoms with Crippen LogP contribution in [0.15, 0.2) is 100 Å². The predicted molar refractivity (Wildman–Crippen MR) is 150 cm³/mol. The Bertz CT molecular complexity index is 1270. The standard InChI is InChI=1S/C32H34O5S/c1-23(2)26-17-9-10-18-28(26)38-30-27(33)21-32(37-31(30)35,25-15-7-4-8-16-25)20-12-11-19-29(34)36-22-24-13-5-3-6-14-24/h3-10,13-18,23,33H,11-12,19-22H2,1-2H3. The van der Waals surface area contributed by atoms with Gasteiger partial charge < -0.3 is 14.6 Å². The summed E-state index contributed by atoms with van der Waals surface area (Å²) in [5.74, 6) is -0.461. The van der Waals surface area contributed by atoms with Crippen LogP contribution in [-0.2, 0) is 31.3 Å². The Morgan fingerprint density at radius 3 is 2.32 bits per heavy atom. The fourth-order valence-corrected chi connectivity index (χ4v) is 5.77. The molecule has 5 nitrogen and oxygen atoms in total. The summed E-state index contributed by atoms with van der Waals surface area (Å²) in [6, 6.07) is 27.0. The van der Waals surface area contributed by atoms with Crippen molar-refractivity contribution in [2.24, 2.45) is 0 Å². The molecule has 38 heavy (non-hydrogen) atoms. The summed E-state index contributed by atoms with van der Waals surface area (Å²) >= 11 is 1.26. The average molecular weight is 531 g/mol. The van der Waals surface area contributed by atoms with Gasteiger partial charge in [0.1, 0.15) is 22.9 Å². The van der Waals surface area contributed by atoms with Crippen molar-refractivity contribution in [1.82, 2.24) is 0 Å². The fraction of sp³-hybridized carbons (Fsp3) is 0.312. The number of aliphatic hydroxyl groups excluding tert-OH is 1. The van der Waals surface area contributed by atoms with E-state index < -0.39 is 11.6 Å². The quantitative estimate of drug-likeness (QED) is 0.201. The van der Waals surface area contributed by atoms with Gasteiger partial charge in [-0.15, -0.1) is 0 Å². The van der Waals surface area contributed by atoms with Gasteiger partial charge in [-0.25, -0.2) is 4.79 Å². The first kappa shape index (κ1) is 27.5. The maximum atomic E-state index is 13.3. The second-order valence-corrected chi connectivity index (χ2v) is 10.9. The molecular formula is C32H34O5S.